The number of nitrogens with zero attached hydrogens (tertiary/aromatic N) is 4. The maximum absolute atomic E-state index is 5.63. The molecule has 0 fully saturated rings. The van der Waals surface area contributed by atoms with Crippen LogP contribution in [0.3, 0.4) is 0 Å². The maximum Gasteiger partial charge on any atom is 0.164 e. The molecule has 0 aliphatic heterocycles. The van der Waals surface area contributed by atoms with Crippen molar-refractivity contribution in [2.24, 2.45) is 0 Å². The zero-order valence-corrected chi connectivity index (χ0v) is 27.6. The smallest absolute Gasteiger partial charge is 0.164 e. The Kier molecular flexibility index (Phi) is 6.78. The molecule has 3 heterocycles. The van der Waals surface area contributed by atoms with Crippen molar-refractivity contribution in [1.29, 1.82) is 0 Å². The highest BCUT2D eigenvalue weighted by Gasteiger charge is 2.26. The number of aromatic nitrogens is 4. The summed E-state index contributed by atoms with van der Waals surface area (Å²) in [7, 11) is 0. The fourth-order valence-electron chi connectivity index (χ4n) is 7.49. The third kappa shape index (κ3) is 4.88. The standard InChI is InChI=1S/C47H30N4/c1-2-17-37(18-3-1)51-46-44(36-27-25-32-14-5-7-16-34(32)30-36)39-20-9-8-19-38(39)43(35-26-24-31-13-4-6-15-33(31)29-35)45(46)50-47(51)42-23-12-22-41(49-42)40-21-10-11-28-48-40/h1-30H. The molecule has 0 bridgehead atoms. The fourth-order valence-corrected chi connectivity index (χ4v) is 7.49. The Balaban J connectivity index is 1.39. The van der Waals surface area contributed by atoms with Crippen molar-refractivity contribution in [1.82, 2.24) is 19.5 Å². The molecule has 3 aromatic heterocycles. The summed E-state index contributed by atoms with van der Waals surface area (Å²) in [5.41, 5.74) is 9.88. The monoisotopic (exact) mass is 650 g/mol. The van der Waals surface area contributed by atoms with Crippen LogP contribution >= 0.6 is 0 Å². The van der Waals surface area contributed by atoms with Crippen molar-refractivity contribution >= 4 is 43.4 Å². The van der Waals surface area contributed by atoms with Gasteiger partial charge in [-0.15, -0.1) is 0 Å². The molecule has 10 aromatic rings. The molecule has 0 atom stereocenters. The topological polar surface area (TPSA) is 43.6 Å². The molecule has 0 unspecified atom stereocenters. The number of pyridine rings is 2. The predicted molar refractivity (Wildman–Crippen MR) is 211 cm³/mol. The molecule has 0 amide bonds. The minimum Gasteiger partial charge on any atom is -0.290 e. The third-order valence-corrected chi connectivity index (χ3v) is 9.81. The Morgan fingerprint density at radius 3 is 1.65 bits per heavy atom. The summed E-state index contributed by atoms with van der Waals surface area (Å²) in [6.45, 7) is 0. The van der Waals surface area contributed by atoms with Gasteiger partial charge in [-0.2, -0.15) is 0 Å². The molecular weight excluding hydrogens is 621 g/mol. The molecule has 0 radical (unpaired) electrons. The Morgan fingerprint density at radius 1 is 0.392 bits per heavy atom. The lowest BCUT2D eigenvalue weighted by Gasteiger charge is -2.18. The van der Waals surface area contributed by atoms with Crippen LogP contribution in [0.25, 0.3) is 94.2 Å². The molecule has 0 spiro atoms. The van der Waals surface area contributed by atoms with E-state index in [1.54, 1.807) is 6.20 Å². The summed E-state index contributed by atoms with van der Waals surface area (Å²) in [6.07, 6.45) is 1.81. The van der Waals surface area contributed by atoms with Crippen molar-refractivity contribution in [3.63, 3.8) is 0 Å². The molecule has 0 aliphatic carbocycles. The third-order valence-electron chi connectivity index (χ3n) is 9.81. The number of imidazole rings is 1. The van der Waals surface area contributed by atoms with Gasteiger partial charge in [-0.25, -0.2) is 9.97 Å². The van der Waals surface area contributed by atoms with E-state index in [9.17, 15) is 0 Å². The van der Waals surface area contributed by atoms with Crippen molar-refractivity contribution in [2.45, 2.75) is 0 Å². The Labute approximate surface area is 295 Å². The number of fused-ring (bicyclic) bond motifs is 4. The van der Waals surface area contributed by atoms with E-state index in [0.29, 0.717) is 0 Å². The largest absolute Gasteiger partial charge is 0.290 e. The van der Waals surface area contributed by atoms with Gasteiger partial charge in [-0.1, -0.05) is 127 Å². The van der Waals surface area contributed by atoms with E-state index >= 15 is 0 Å². The van der Waals surface area contributed by atoms with Crippen molar-refractivity contribution in [2.75, 3.05) is 0 Å². The van der Waals surface area contributed by atoms with Crippen LogP contribution < -0.4 is 0 Å². The molecular formula is C47H30N4. The quantitative estimate of drug-likeness (QED) is 0.186. The first-order chi connectivity index (χ1) is 25.3. The van der Waals surface area contributed by atoms with Crippen molar-refractivity contribution in [3.05, 3.63) is 182 Å². The summed E-state index contributed by atoms with van der Waals surface area (Å²) in [4.78, 5) is 15.4. The average molecular weight is 651 g/mol. The second-order valence-corrected chi connectivity index (χ2v) is 12.8. The van der Waals surface area contributed by atoms with Crippen LogP contribution in [0, 0.1) is 0 Å². The normalized spacial score (nSPS) is 11.5. The highest BCUT2D eigenvalue weighted by molar-refractivity contribution is 6.21. The van der Waals surface area contributed by atoms with Crippen LogP contribution in [-0.4, -0.2) is 19.5 Å². The van der Waals surface area contributed by atoms with Crippen LogP contribution in [-0.2, 0) is 0 Å². The molecule has 0 saturated carbocycles. The van der Waals surface area contributed by atoms with Gasteiger partial charge < -0.3 is 0 Å². The molecule has 0 aliphatic rings. The van der Waals surface area contributed by atoms with Gasteiger partial charge in [0.15, 0.2) is 5.82 Å². The summed E-state index contributed by atoms with van der Waals surface area (Å²) >= 11 is 0. The Hall–Kier alpha value is -6.91. The van der Waals surface area contributed by atoms with E-state index in [2.05, 4.69) is 155 Å². The molecule has 4 nitrogen and oxygen atoms in total. The van der Waals surface area contributed by atoms with Crippen LogP contribution in [0.4, 0.5) is 0 Å². The van der Waals surface area contributed by atoms with Crippen LogP contribution in [0.15, 0.2) is 182 Å². The maximum atomic E-state index is 5.63. The van der Waals surface area contributed by atoms with E-state index in [-0.39, 0.29) is 0 Å². The zero-order chi connectivity index (χ0) is 33.7. The van der Waals surface area contributed by atoms with Crippen molar-refractivity contribution < 1.29 is 0 Å². The Morgan fingerprint density at radius 2 is 0.961 bits per heavy atom. The first-order valence-electron chi connectivity index (χ1n) is 17.2. The highest BCUT2D eigenvalue weighted by atomic mass is 15.1. The molecule has 51 heavy (non-hydrogen) atoms. The lowest BCUT2D eigenvalue weighted by atomic mass is 9.89. The second kappa shape index (κ2) is 11.9. The zero-order valence-electron chi connectivity index (χ0n) is 27.6. The minimum atomic E-state index is 0.772. The van der Waals surface area contributed by atoms with Gasteiger partial charge >= 0.3 is 0 Å². The average Bonchev–Trinajstić information content (AvgIpc) is 3.60. The van der Waals surface area contributed by atoms with E-state index in [1.165, 1.54) is 26.9 Å². The number of hydrogen-bond acceptors (Lipinski definition) is 3. The van der Waals surface area contributed by atoms with E-state index < -0.39 is 0 Å². The molecule has 0 N–H and O–H groups in total. The number of hydrogen-bond donors (Lipinski definition) is 0. The Bertz CT molecular complexity index is 2910. The summed E-state index contributed by atoms with van der Waals surface area (Å²) in [5.74, 6) is 0.772. The van der Waals surface area contributed by atoms with Gasteiger partial charge in [0.1, 0.15) is 5.69 Å². The molecule has 4 heteroatoms. The van der Waals surface area contributed by atoms with Gasteiger partial charge in [0.25, 0.3) is 0 Å². The second-order valence-electron chi connectivity index (χ2n) is 12.8. The van der Waals surface area contributed by atoms with E-state index in [4.69, 9.17) is 9.97 Å². The van der Waals surface area contributed by atoms with Crippen molar-refractivity contribution in [3.8, 4) is 50.8 Å². The summed E-state index contributed by atoms with van der Waals surface area (Å²) in [6, 6.07) is 62.0. The molecule has 238 valence electrons. The lowest BCUT2D eigenvalue weighted by Crippen LogP contribution is -2.01. The van der Waals surface area contributed by atoms with E-state index in [0.717, 1.165) is 67.3 Å². The SMILES string of the molecule is c1ccc(-n2c(-c3cccc(-c4ccccn4)n3)nc3c(-c4ccc5ccccc5c4)c4ccccc4c(-c4ccc5ccccc5c4)c32)cc1. The van der Waals surface area contributed by atoms with E-state index in [1.807, 2.05) is 30.3 Å². The number of benzene rings is 7. The predicted octanol–water partition coefficient (Wildman–Crippen LogP) is 11.9. The van der Waals surface area contributed by atoms with Crippen LogP contribution in [0.1, 0.15) is 0 Å². The summed E-state index contributed by atoms with van der Waals surface area (Å²) < 4.78 is 2.31. The molecule has 7 aromatic carbocycles. The highest BCUT2D eigenvalue weighted by Crippen LogP contribution is 2.46. The minimum absolute atomic E-state index is 0.772. The van der Waals surface area contributed by atoms with Gasteiger partial charge in [-0.3, -0.25) is 9.55 Å². The number of para-hydroxylation sites is 1. The van der Waals surface area contributed by atoms with Crippen LogP contribution in [0.2, 0.25) is 0 Å². The molecule has 10 rings (SSSR count). The summed E-state index contributed by atoms with van der Waals surface area (Å²) in [5, 5.41) is 7.13. The fraction of sp³-hybridized carbons (Fsp3) is 0. The van der Waals surface area contributed by atoms with Gasteiger partial charge in [0.2, 0.25) is 0 Å². The van der Waals surface area contributed by atoms with Crippen LogP contribution in [0.5, 0.6) is 0 Å². The number of rotatable bonds is 5. The lowest BCUT2D eigenvalue weighted by molar-refractivity contribution is 1.08. The van der Waals surface area contributed by atoms with Gasteiger partial charge in [0.05, 0.1) is 22.4 Å². The molecule has 0 saturated heterocycles. The first-order valence-corrected chi connectivity index (χ1v) is 17.2. The van der Waals surface area contributed by atoms with Gasteiger partial charge in [-0.05, 0) is 92.0 Å². The van der Waals surface area contributed by atoms with Gasteiger partial charge in [0, 0.05) is 23.0 Å². The first kappa shape index (κ1) is 29.0.